The zero-order valence-electron chi connectivity index (χ0n) is 11.4. The average molecular weight is 370 g/mol. The largest absolute Gasteiger partial charge is 0.272 e. The Labute approximate surface area is 127 Å². The fraction of sp³-hybridized carbons (Fsp3) is 0.571. The molecule has 2 heterocycles. The minimum atomic E-state index is 0.417. The van der Waals surface area contributed by atoms with E-state index in [1.54, 1.807) is 0 Å². The van der Waals surface area contributed by atoms with Gasteiger partial charge < -0.3 is 0 Å². The third-order valence-electron chi connectivity index (χ3n) is 3.51. The van der Waals surface area contributed by atoms with Crippen LogP contribution >= 0.6 is 22.6 Å². The van der Waals surface area contributed by atoms with Crippen LogP contribution in [0.5, 0.6) is 0 Å². The lowest BCUT2D eigenvalue weighted by molar-refractivity contribution is 0.529. The van der Waals surface area contributed by atoms with E-state index in [1.165, 1.54) is 24.0 Å². The molecule has 5 heteroatoms. The Bertz CT molecular complexity index is 566. The van der Waals surface area contributed by atoms with Crippen molar-refractivity contribution in [1.82, 2.24) is 19.6 Å². The van der Waals surface area contributed by atoms with E-state index < -0.39 is 0 Å². The van der Waals surface area contributed by atoms with Crippen molar-refractivity contribution < 1.29 is 0 Å². The van der Waals surface area contributed by atoms with Gasteiger partial charge >= 0.3 is 0 Å². The molecule has 1 aliphatic rings. The second-order valence-electron chi connectivity index (χ2n) is 5.71. The molecular formula is C14H19IN4. The van der Waals surface area contributed by atoms with E-state index in [0.717, 1.165) is 22.6 Å². The SMILES string of the molecule is CC(C)n1cc(Cc2cnn(CC3CC3)c2)c(I)n1. The average Bonchev–Trinajstić information content (AvgIpc) is 2.93. The van der Waals surface area contributed by atoms with E-state index in [4.69, 9.17) is 0 Å². The van der Waals surface area contributed by atoms with Crippen LogP contribution < -0.4 is 0 Å². The molecule has 2 aromatic rings. The van der Waals surface area contributed by atoms with Gasteiger partial charge in [0.2, 0.25) is 0 Å². The quantitative estimate of drug-likeness (QED) is 0.758. The predicted molar refractivity (Wildman–Crippen MR) is 83.1 cm³/mol. The first-order valence-corrected chi connectivity index (χ1v) is 7.94. The standard InChI is InChI=1S/C14H19IN4/c1-10(2)19-9-13(14(15)17-19)5-12-6-16-18(8-12)7-11-3-4-11/h6,8-11H,3-5,7H2,1-2H3. The number of aromatic nitrogens is 4. The van der Waals surface area contributed by atoms with Crippen molar-refractivity contribution >= 4 is 22.6 Å². The van der Waals surface area contributed by atoms with Crippen LogP contribution in [0.4, 0.5) is 0 Å². The number of nitrogens with zero attached hydrogens (tertiary/aromatic N) is 4. The van der Waals surface area contributed by atoms with Gasteiger partial charge in [-0.2, -0.15) is 10.2 Å². The zero-order chi connectivity index (χ0) is 13.4. The van der Waals surface area contributed by atoms with Gasteiger partial charge in [0.25, 0.3) is 0 Å². The van der Waals surface area contributed by atoms with Gasteiger partial charge in [-0.3, -0.25) is 9.36 Å². The molecule has 19 heavy (non-hydrogen) atoms. The Morgan fingerprint density at radius 3 is 2.79 bits per heavy atom. The van der Waals surface area contributed by atoms with Crippen molar-refractivity contribution in [2.75, 3.05) is 0 Å². The highest BCUT2D eigenvalue weighted by molar-refractivity contribution is 14.1. The van der Waals surface area contributed by atoms with Crippen molar-refractivity contribution in [2.24, 2.45) is 5.92 Å². The minimum absolute atomic E-state index is 0.417. The molecule has 0 spiro atoms. The van der Waals surface area contributed by atoms with Crippen LogP contribution in [0.15, 0.2) is 18.6 Å². The van der Waals surface area contributed by atoms with Crippen LogP contribution in [0, 0.1) is 9.62 Å². The summed E-state index contributed by atoms with van der Waals surface area (Å²) in [6.45, 7) is 5.39. The number of hydrogen-bond donors (Lipinski definition) is 0. The molecule has 102 valence electrons. The smallest absolute Gasteiger partial charge is 0.126 e. The van der Waals surface area contributed by atoms with Crippen molar-refractivity contribution in [3.63, 3.8) is 0 Å². The zero-order valence-corrected chi connectivity index (χ0v) is 13.5. The Kier molecular flexibility index (Phi) is 3.64. The summed E-state index contributed by atoms with van der Waals surface area (Å²) in [5.74, 6) is 0.872. The summed E-state index contributed by atoms with van der Waals surface area (Å²) >= 11 is 2.32. The molecule has 2 aromatic heterocycles. The summed E-state index contributed by atoms with van der Waals surface area (Å²) in [7, 11) is 0. The maximum Gasteiger partial charge on any atom is 0.126 e. The summed E-state index contributed by atoms with van der Waals surface area (Å²) in [6, 6.07) is 0.417. The summed E-state index contributed by atoms with van der Waals surface area (Å²) in [6.07, 6.45) is 10.00. The van der Waals surface area contributed by atoms with Crippen LogP contribution in [-0.2, 0) is 13.0 Å². The van der Waals surface area contributed by atoms with Crippen molar-refractivity contribution in [2.45, 2.75) is 45.7 Å². The van der Waals surface area contributed by atoms with Crippen LogP contribution in [-0.4, -0.2) is 19.6 Å². The Balaban J connectivity index is 1.71. The number of hydrogen-bond acceptors (Lipinski definition) is 2. The maximum absolute atomic E-state index is 4.55. The highest BCUT2D eigenvalue weighted by atomic mass is 127. The predicted octanol–water partition coefficient (Wildman–Crippen LogP) is 3.27. The van der Waals surface area contributed by atoms with E-state index in [2.05, 4.69) is 63.7 Å². The summed E-state index contributed by atoms with van der Waals surface area (Å²) in [4.78, 5) is 0. The summed E-state index contributed by atoms with van der Waals surface area (Å²) < 4.78 is 5.22. The Hall–Kier alpha value is -0.850. The molecule has 0 saturated heterocycles. The first-order valence-electron chi connectivity index (χ1n) is 6.86. The van der Waals surface area contributed by atoms with Gasteiger partial charge in [-0.05, 0) is 60.8 Å². The Morgan fingerprint density at radius 1 is 1.37 bits per heavy atom. The molecular weight excluding hydrogens is 351 g/mol. The van der Waals surface area contributed by atoms with Gasteiger partial charge in [0.1, 0.15) is 3.70 Å². The Morgan fingerprint density at radius 2 is 2.16 bits per heavy atom. The van der Waals surface area contributed by atoms with Crippen LogP contribution in [0.25, 0.3) is 0 Å². The third kappa shape index (κ3) is 3.19. The van der Waals surface area contributed by atoms with Crippen LogP contribution in [0.1, 0.15) is 43.9 Å². The highest BCUT2D eigenvalue weighted by Crippen LogP contribution is 2.30. The molecule has 0 N–H and O–H groups in total. The molecule has 1 aliphatic carbocycles. The molecule has 0 amide bonds. The second kappa shape index (κ2) is 5.26. The molecule has 0 aromatic carbocycles. The molecule has 1 fully saturated rings. The number of halogens is 1. The molecule has 1 saturated carbocycles. The lowest BCUT2D eigenvalue weighted by Crippen LogP contribution is -2.00. The summed E-state index contributed by atoms with van der Waals surface area (Å²) in [5.41, 5.74) is 2.57. The molecule has 0 atom stereocenters. The normalized spacial score (nSPS) is 15.4. The molecule has 0 bridgehead atoms. The van der Waals surface area contributed by atoms with Gasteiger partial charge in [0.15, 0.2) is 0 Å². The van der Waals surface area contributed by atoms with Crippen molar-refractivity contribution in [3.05, 3.63) is 33.4 Å². The fourth-order valence-corrected chi connectivity index (χ4v) is 2.75. The van der Waals surface area contributed by atoms with Crippen molar-refractivity contribution in [1.29, 1.82) is 0 Å². The van der Waals surface area contributed by atoms with E-state index in [-0.39, 0.29) is 0 Å². The van der Waals surface area contributed by atoms with E-state index >= 15 is 0 Å². The topological polar surface area (TPSA) is 35.6 Å². The minimum Gasteiger partial charge on any atom is -0.272 e. The van der Waals surface area contributed by atoms with Crippen LogP contribution in [0.2, 0.25) is 0 Å². The lowest BCUT2D eigenvalue weighted by atomic mass is 10.1. The first kappa shape index (κ1) is 13.1. The van der Waals surface area contributed by atoms with Crippen LogP contribution in [0.3, 0.4) is 0 Å². The van der Waals surface area contributed by atoms with E-state index in [9.17, 15) is 0 Å². The third-order valence-corrected chi connectivity index (χ3v) is 4.42. The maximum atomic E-state index is 4.55. The van der Waals surface area contributed by atoms with Gasteiger partial charge in [-0.25, -0.2) is 0 Å². The highest BCUT2D eigenvalue weighted by Gasteiger charge is 2.22. The molecule has 4 nitrogen and oxygen atoms in total. The van der Waals surface area contributed by atoms with Crippen molar-refractivity contribution in [3.8, 4) is 0 Å². The summed E-state index contributed by atoms with van der Waals surface area (Å²) in [5, 5.41) is 9.00. The fourth-order valence-electron chi connectivity index (χ4n) is 2.17. The van der Waals surface area contributed by atoms with Gasteiger partial charge in [-0.1, -0.05) is 0 Å². The molecule has 0 unspecified atom stereocenters. The van der Waals surface area contributed by atoms with Gasteiger partial charge in [0.05, 0.1) is 6.20 Å². The van der Waals surface area contributed by atoms with E-state index in [0.29, 0.717) is 6.04 Å². The van der Waals surface area contributed by atoms with E-state index in [1.807, 2.05) is 10.9 Å². The van der Waals surface area contributed by atoms with Gasteiger partial charge in [0, 0.05) is 37.0 Å². The molecule has 0 aliphatic heterocycles. The van der Waals surface area contributed by atoms with Gasteiger partial charge in [-0.15, -0.1) is 0 Å². The monoisotopic (exact) mass is 370 g/mol. The first-order chi connectivity index (χ1) is 9.11. The molecule has 3 rings (SSSR count). The lowest BCUT2D eigenvalue weighted by Gasteiger charge is -2.02. The number of rotatable bonds is 5. The second-order valence-corrected chi connectivity index (χ2v) is 6.73. The molecule has 0 radical (unpaired) electrons.